The van der Waals surface area contributed by atoms with E-state index in [9.17, 15) is 0 Å². The summed E-state index contributed by atoms with van der Waals surface area (Å²) >= 11 is 6.52. The highest BCUT2D eigenvalue weighted by Crippen LogP contribution is 2.08. The van der Waals surface area contributed by atoms with Gasteiger partial charge in [0.25, 0.3) is 0 Å². The lowest BCUT2D eigenvalue weighted by Gasteiger charge is -1.93. The largest absolute Gasteiger partial charge is 0.381 e. The molecule has 1 saturated heterocycles. The Labute approximate surface area is 161 Å². The van der Waals surface area contributed by atoms with Crippen LogP contribution in [0.25, 0.3) is 0 Å². The fourth-order valence-electron chi connectivity index (χ4n) is 1.54. The maximum Gasteiger partial charge on any atom is 0.141 e. The fourth-order valence-corrected chi connectivity index (χ4v) is 2.25. The first-order valence-electron chi connectivity index (χ1n) is 7.05. The lowest BCUT2D eigenvalue weighted by molar-refractivity contribution is 0.198. The molecule has 0 saturated carbocycles. The number of hydrogen-bond donors (Lipinski definition) is 1. The average Bonchev–Trinajstić information content (AvgIpc) is 3.15. The highest BCUT2D eigenvalue weighted by molar-refractivity contribution is 9.10. The summed E-state index contributed by atoms with van der Waals surface area (Å²) in [7, 11) is 0. The maximum absolute atomic E-state index is 8.33. The summed E-state index contributed by atoms with van der Waals surface area (Å²) < 4.78 is 6.85. The van der Waals surface area contributed by atoms with E-state index in [0.717, 1.165) is 27.9 Å². The maximum atomic E-state index is 8.33. The van der Waals surface area contributed by atoms with Crippen LogP contribution in [-0.2, 0) is 11.3 Å². The molecule has 3 heterocycles. The smallest absolute Gasteiger partial charge is 0.141 e. The Morgan fingerprint density at radius 1 is 1.08 bits per heavy atom. The Morgan fingerprint density at radius 3 is 2.00 bits per heavy atom. The molecule has 1 aliphatic heterocycles. The number of rotatable bonds is 1. The topological polar surface area (TPSA) is 84.8 Å². The monoisotopic (exact) mass is 451 g/mol. The molecule has 2 N–H and O–H groups in total. The van der Waals surface area contributed by atoms with Crippen molar-refractivity contribution >= 4 is 40.3 Å². The van der Waals surface area contributed by atoms with Crippen molar-refractivity contribution in [2.75, 3.05) is 13.2 Å². The average molecular weight is 453 g/mol. The lowest BCUT2D eigenvalue weighted by Crippen LogP contribution is -1.97. The van der Waals surface area contributed by atoms with Gasteiger partial charge in [-0.25, -0.2) is 4.98 Å². The standard InChI is InChI=1S/C6H7BrN2.C6H3BrN2.C4H8O.B/c2*7-5-1-2-9-6(3-5)4-8;1-2-4-5-3-1;/h1-3H,4,8H2;1-3H;1-4H2;. The minimum Gasteiger partial charge on any atom is -0.381 e. The van der Waals surface area contributed by atoms with E-state index in [1.165, 1.54) is 12.8 Å². The number of nitrogens with two attached hydrogens (primary N) is 1. The zero-order valence-electron chi connectivity index (χ0n) is 13.2. The van der Waals surface area contributed by atoms with Crippen LogP contribution < -0.4 is 5.73 Å². The predicted molar refractivity (Wildman–Crippen MR) is 102 cm³/mol. The van der Waals surface area contributed by atoms with Crippen molar-refractivity contribution in [3.63, 3.8) is 0 Å². The zero-order valence-corrected chi connectivity index (χ0v) is 16.3. The molecule has 3 radical (unpaired) electrons. The van der Waals surface area contributed by atoms with E-state index in [-0.39, 0.29) is 8.41 Å². The molecule has 3 rings (SSSR count). The van der Waals surface area contributed by atoms with Gasteiger partial charge in [0.15, 0.2) is 0 Å². The molecule has 8 heteroatoms. The summed E-state index contributed by atoms with van der Waals surface area (Å²) in [5.74, 6) is 0. The highest BCUT2D eigenvalue weighted by Gasteiger charge is 1.94. The van der Waals surface area contributed by atoms with Crippen molar-refractivity contribution in [2.24, 2.45) is 5.73 Å². The van der Waals surface area contributed by atoms with Crippen LogP contribution in [0.15, 0.2) is 45.6 Å². The van der Waals surface area contributed by atoms with Crippen LogP contribution in [0.5, 0.6) is 0 Å². The van der Waals surface area contributed by atoms with E-state index in [1.807, 2.05) is 18.2 Å². The number of ether oxygens (including phenoxy) is 1. The van der Waals surface area contributed by atoms with Crippen molar-refractivity contribution in [3.05, 3.63) is 57.0 Å². The molecule has 0 atom stereocenters. The van der Waals surface area contributed by atoms with Crippen LogP contribution in [0.2, 0.25) is 0 Å². The van der Waals surface area contributed by atoms with Crippen molar-refractivity contribution < 1.29 is 4.74 Å². The van der Waals surface area contributed by atoms with Gasteiger partial charge in [-0.05, 0) is 37.1 Å². The summed E-state index contributed by atoms with van der Waals surface area (Å²) in [5, 5.41) is 8.33. The van der Waals surface area contributed by atoms with E-state index in [0.29, 0.717) is 12.2 Å². The third-order valence-corrected chi connectivity index (χ3v) is 3.64. The van der Waals surface area contributed by atoms with Gasteiger partial charge in [0.2, 0.25) is 0 Å². The van der Waals surface area contributed by atoms with Gasteiger partial charge in [-0.2, -0.15) is 5.26 Å². The van der Waals surface area contributed by atoms with Gasteiger partial charge in [-0.1, -0.05) is 31.9 Å². The first-order chi connectivity index (χ1) is 11.2. The van der Waals surface area contributed by atoms with Crippen LogP contribution in [-0.4, -0.2) is 31.6 Å². The number of halogens is 2. The van der Waals surface area contributed by atoms with E-state index in [4.69, 9.17) is 15.7 Å². The van der Waals surface area contributed by atoms with Gasteiger partial charge in [0.1, 0.15) is 11.8 Å². The Hall–Kier alpha value is -1.27. The lowest BCUT2D eigenvalue weighted by atomic mass is 10.4. The van der Waals surface area contributed by atoms with Gasteiger partial charge in [0, 0.05) is 49.5 Å². The Morgan fingerprint density at radius 2 is 1.67 bits per heavy atom. The van der Waals surface area contributed by atoms with E-state index in [2.05, 4.69) is 41.8 Å². The molecular formula is C16H18BBr2N4O. The Balaban J connectivity index is 0.000000337. The van der Waals surface area contributed by atoms with Gasteiger partial charge in [0.05, 0.1) is 5.69 Å². The van der Waals surface area contributed by atoms with Crippen LogP contribution >= 0.6 is 31.9 Å². The molecule has 2 aromatic rings. The molecule has 0 unspecified atom stereocenters. The van der Waals surface area contributed by atoms with E-state index >= 15 is 0 Å². The van der Waals surface area contributed by atoms with Gasteiger partial charge in [-0.15, -0.1) is 0 Å². The quantitative estimate of drug-likeness (QED) is 0.670. The highest BCUT2D eigenvalue weighted by atomic mass is 79.9. The Bertz CT molecular complexity index is 626. The predicted octanol–water partition coefficient (Wildman–Crippen LogP) is 3.43. The Kier molecular flexibility index (Phi) is 13.4. The van der Waals surface area contributed by atoms with Crippen LogP contribution in [0.1, 0.15) is 24.2 Å². The van der Waals surface area contributed by atoms with Crippen molar-refractivity contribution in [1.29, 1.82) is 5.26 Å². The minimum atomic E-state index is 0. The molecule has 0 spiro atoms. The number of pyridine rings is 2. The summed E-state index contributed by atoms with van der Waals surface area (Å²) in [4.78, 5) is 7.77. The zero-order chi connectivity index (χ0) is 16.9. The molecular weight excluding hydrogens is 435 g/mol. The van der Waals surface area contributed by atoms with Crippen molar-refractivity contribution in [2.45, 2.75) is 19.4 Å². The fraction of sp³-hybridized carbons (Fsp3) is 0.312. The molecule has 0 aromatic carbocycles. The SMILES string of the molecule is C1CCOC1.N#Cc1cc(Br)ccn1.NCc1cc(Br)ccn1.[B]. The van der Waals surface area contributed by atoms with E-state index in [1.54, 1.807) is 24.5 Å². The molecule has 0 amide bonds. The number of aromatic nitrogens is 2. The first kappa shape index (κ1) is 22.7. The number of nitriles is 1. The molecule has 125 valence electrons. The van der Waals surface area contributed by atoms with Crippen LogP contribution in [0.3, 0.4) is 0 Å². The molecule has 24 heavy (non-hydrogen) atoms. The normalized spacial score (nSPS) is 11.8. The summed E-state index contributed by atoms with van der Waals surface area (Å²) in [6.45, 7) is 2.50. The second-order valence-electron chi connectivity index (χ2n) is 4.46. The summed E-state index contributed by atoms with van der Waals surface area (Å²) in [6, 6.07) is 9.15. The van der Waals surface area contributed by atoms with E-state index < -0.39 is 0 Å². The summed E-state index contributed by atoms with van der Waals surface area (Å²) in [5.41, 5.74) is 6.68. The number of hydrogen-bond acceptors (Lipinski definition) is 5. The molecule has 0 bridgehead atoms. The third-order valence-electron chi connectivity index (χ3n) is 2.65. The first-order valence-corrected chi connectivity index (χ1v) is 8.64. The molecule has 0 aliphatic carbocycles. The van der Waals surface area contributed by atoms with Gasteiger partial charge >= 0.3 is 0 Å². The molecule has 5 nitrogen and oxygen atoms in total. The molecule has 1 fully saturated rings. The summed E-state index contributed by atoms with van der Waals surface area (Å²) in [6.07, 6.45) is 5.87. The van der Waals surface area contributed by atoms with Crippen LogP contribution in [0, 0.1) is 11.3 Å². The van der Waals surface area contributed by atoms with Gasteiger partial charge < -0.3 is 10.5 Å². The van der Waals surface area contributed by atoms with Crippen LogP contribution in [0.4, 0.5) is 0 Å². The second kappa shape index (κ2) is 14.1. The van der Waals surface area contributed by atoms with Gasteiger partial charge in [-0.3, -0.25) is 4.98 Å². The molecule has 1 aliphatic rings. The van der Waals surface area contributed by atoms with Crippen molar-refractivity contribution in [1.82, 2.24) is 9.97 Å². The second-order valence-corrected chi connectivity index (χ2v) is 6.29. The third kappa shape index (κ3) is 10.5. The number of nitrogens with zero attached hydrogens (tertiary/aromatic N) is 3. The molecule has 2 aromatic heterocycles. The van der Waals surface area contributed by atoms with Crippen molar-refractivity contribution in [3.8, 4) is 6.07 Å². The minimum absolute atomic E-state index is 0.